The van der Waals surface area contributed by atoms with Gasteiger partial charge in [-0.1, -0.05) is 0 Å². The minimum atomic E-state index is -0.678. The van der Waals surface area contributed by atoms with Crippen molar-refractivity contribution >= 4 is 5.97 Å². The minimum Gasteiger partial charge on any atom is -0.481 e. The van der Waals surface area contributed by atoms with Crippen molar-refractivity contribution in [1.82, 2.24) is 0 Å². The first-order chi connectivity index (χ1) is 4.97. The van der Waals surface area contributed by atoms with Gasteiger partial charge in [-0.25, -0.2) is 0 Å². The zero-order chi connectivity index (χ0) is 8.28. The molecule has 0 spiro atoms. The van der Waals surface area contributed by atoms with E-state index in [0.29, 0.717) is 12.8 Å². The van der Waals surface area contributed by atoms with Crippen molar-refractivity contribution in [1.29, 1.82) is 0 Å². The van der Waals surface area contributed by atoms with E-state index in [0.717, 1.165) is 0 Å². The molecule has 62 valence electrons. The zero-order valence-corrected chi connectivity index (χ0v) is 6.76. The molecule has 0 aromatic carbocycles. The van der Waals surface area contributed by atoms with Crippen LogP contribution in [-0.4, -0.2) is 22.3 Å². The predicted octanol–water partition coefficient (Wildman–Crippen LogP) is 1.03. The fourth-order valence-electron chi connectivity index (χ4n) is 2.17. The van der Waals surface area contributed by atoms with Gasteiger partial charge in [0.25, 0.3) is 0 Å². The third-order valence-corrected chi connectivity index (χ3v) is 3.15. The molecule has 1 unspecified atom stereocenters. The molecular formula is C8H12O3. The normalized spacial score (nSPS) is 53.8. The maximum atomic E-state index is 10.6. The number of fused-ring (bicyclic) bond motifs is 1. The van der Waals surface area contributed by atoms with E-state index in [1.54, 1.807) is 0 Å². The monoisotopic (exact) mass is 156 g/mol. The molecule has 0 amide bonds. The van der Waals surface area contributed by atoms with Crippen molar-refractivity contribution in [2.24, 2.45) is 5.92 Å². The highest BCUT2D eigenvalue weighted by atomic mass is 16.6. The van der Waals surface area contributed by atoms with Crippen LogP contribution in [0.25, 0.3) is 0 Å². The lowest BCUT2D eigenvalue weighted by Crippen LogP contribution is -2.14. The van der Waals surface area contributed by atoms with Gasteiger partial charge in [0.1, 0.15) is 0 Å². The highest BCUT2D eigenvalue weighted by Crippen LogP contribution is 2.61. The van der Waals surface area contributed by atoms with Crippen molar-refractivity contribution in [3.05, 3.63) is 0 Å². The maximum absolute atomic E-state index is 10.6. The van der Waals surface area contributed by atoms with Crippen LogP contribution in [0, 0.1) is 5.92 Å². The van der Waals surface area contributed by atoms with E-state index in [-0.39, 0.29) is 17.1 Å². The summed E-state index contributed by atoms with van der Waals surface area (Å²) in [6.45, 7) is 3.99. The second kappa shape index (κ2) is 1.61. The van der Waals surface area contributed by atoms with Crippen LogP contribution in [0.1, 0.15) is 26.7 Å². The molecule has 2 rings (SSSR count). The predicted molar refractivity (Wildman–Crippen MR) is 38.3 cm³/mol. The van der Waals surface area contributed by atoms with Gasteiger partial charge in [-0.3, -0.25) is 4.79 Å². The maximum Gasteiger partial charge on any atom is 0.306 e. The molecule has 0 bridgehead atoms. The van der Waals surface area contributed by atoms with Gasteiger partial charge < -0.3 is 9.84 Å². The number of hydrogen-bond donors (Lipinski definition) is 1. The molecule has 0 aromatic heterocycles. The van der Waals surface area contributed by atoms with Crippen molar-refractivity contribution < 1.29 is 14.6 Å². The molecule has 2 fully saturated rings. The van der Waals surface area contributed by atoms with Crippen LogP contribution in [-0.2, 0) is 9.53 Å². The molecule has 3 nitrogen and oxygen atoms in total. The Morgan fingerprint density at radius 3 is 2.18 bits per heavy atom. The molecule has 1 aliphatic carbocycles. The number of carbonyl (C=O) groups is 1. The highest BCUT2D eigenvalue weighted by molar-refractivity contribution is 5.71. The molecular weight excluding hydrogens is 144 g/mol. The van der Waals surface area contributed by atoms with E-state index < -0.39 is 5.97 Å². The summed E-state index contributed by atoms with van der Waals surface area (Å²) in [5.41, 5.74) is -0.258. The largest absolute Gasteiger partial charge is 0.481 e. The van der Waals surface area contributed by atoms with Crippen LogP contribution in [0.4, 0.5) is 0 Å². The fourth-order valence-corrected chi connectivity index (χ4v) is 2.17. The molecule has 0 radical (unpaired) electrons. The van der Waals surface area contributed by atoms with Crippen molar-refractivity contribution in [2.45, 2.75) is 37.9 Å². The molecule has 2 aliphatic rings. The average Bonchev–Trinajstić information content (AvgIpc) is 2.23. The van der Waals surface area contributed by atoms with Gasteiger partial charge in [0.05, 0.1) is 17.1 Å². The van der Waals surface area contributed by atoms with E-state index in [2.05, 4.69) is 0 Å². The summed E-state index contributed by atoms with van der Waals surface area (Å²) >= 11 is 0. The highest BCUT2D eigenvalue weighted by Gasteiger charge is 2.69. The van der Waals surface area contributed by atoms with Crippen LogP contribution >= 0.6 is 0 Å². The van der Waals surface area contributed by atoms with Crippen molar-refractivity contribution in [3.8, 4) is 0 Å². The summed E-state index contributed by atoms with van der Waals surface area (Å²) in [6.07, 6.45) is 1.36. The van der Waals surface area contributed by atoms with Crippen LogP contribution in [0.15, 0.2) is 0 Å². The fraction of sp³-hybridized carbons (Fsp3) is 0.875. The first-order valence-corrected chi connectivity index (χ1v) is 3.90. The van der Waals surface area contributed by atoms with Crippen LogP contribution < -0.4 is 0 Å². The van der Waals surface area contributed by atoms with E-state index in [1.807, 2.05) is 13.8 Å². The first kappa shape index (κ1) is 7.10. The van der Waals surface area contributed by atoms with Gasteiger partial charge in [0, 0.05) is 0 Å². The van der Waals surface area contributed by atoms with Crippen LogP contribution in [0.2, 0.25) is 0 Å². The second-order valence-corrected chi connectivity index (χ2v) is 4.01. The number of hydrogen-bond acceptors (Lipinski definition) is 2. The average molecular weight is 156 g/mol. The topological polar surface area (TPSA) is 49.8 Å². The van der Waals surface area contributed by atoms with E-state index >= 15 is 0 Å². The van der Waals surface area contributed by atoms with Gasteiger partial charge >= 0.3 is 5.97 Å². The lowest BCUT2D eigenvalue weighted by molar-refractivity contribution is -0.142. The van der Waals surface area contributed by atoms with Crippen LogP contribution in [0.5, 0.6) is 0 Å². The van der Waals surface area contributed by atoms with Gasteiger partial charge in [-0.15, -0.1) is 0 Å². The zero-order valence-electron chi connectivity index (χ0n) is 6.76. The third-order valence-electron chi connectivity index (χ3n) is 3.15. The molecule has 1 heterocycles. The number of ether oxygens (including phenoxy) is 1. The van der Waals surface area contributed by atoms with E-state index in [4.69, 9.17) is 9.84 Å². The molecule has 1 saturated heterocycles. The Balaban J connectivity index is 2.13. The van der Waals surface area contributed by atoms with E-state index in [1.165, 1.54) is 0 Å². The Kier molecular flexibility index (Phi) is 1.04. The van der Waals surface area contributed by atoms with E-state index in [9.17, 15) is 4.79 Å². The number of carboxylic acids is 1. The van der Waals surface area contributed by atoms with Gasteiger partial charge in [0.15, 0.2) is 0 Å². The van der Waals surface area contributed by atoms with Crippen LogP contribution in [0.3, 0.4) is 0 Å². The minimum absolute atomic E-state index is 0.129. The Labute approximate surface area is 65.4 Å². The molecule has 3 heteroatoms. The molecule has 0 aromatic rings. The Morgan fingerprint density at radius 1 is 1.45 bits per heavy atom. The smallest absolute Gasteiger partial charge is 0.306 e. The quantitative estimate of drug-likeness (QED) is 0.577. The number of aliphatic carboxylic acids is 1. The lowest BCUT2D eigenvalue weighted by atomic mass is 10.0. The summed E-state index contributed by atoms with van der Waals surface area (Å²) in [7, 11) is 0. The molecule has 1 aliphatic heterocycles. The van der Waals surface area contributed by atoms with Gasteiger partial charge in [-0.2, -0.15) is 0 Å². The summed E-state index contributed by atoms with van der Waals surface area (Å²) in [4.78, 5) is 10.6. The summed E-state index contributed by atoms with van der Waals surface area (Å²) < 4.78 is 5.44. The third kappa shape index (κ3) is 0.745. The lowest BCUT2D eigenvalue weighted by Gasteiger charge is -2.06. The molecule has 3 atom stereocenters. The molecule has 1 saturated carbocycles. The van der Waals surface area contributed by atoms with Gasteiger partial charge in [-0.05, 0) is 26.7 Å². The molecule has 11 heavy (non-hydrogen) atoms. The van der Waals surface area contributed by atoms with Gasteiger partial charge in [0.2, 0.25) is 0 Å². The summed E-state index contributed by atoms with van der Waals surface area (Å²) in [6, 6.07) is 0. The summed E-state index contributed by atoms with van der Waals surface area (Å²) in [5, 5.41) is 8.72. The Morgan fingerprint density at radius 2 is 1.91 bits per heavy atom. The number of epoxide rings is 1. The Bertz CT molecular complexity index is 209. The summed E-state index contributed by atoms with van der Waals surface area (Å²) in [5.74, 6) is -0.859. The Hall–Kier alpha value is -0.570. The molecule has 1 N–H and O–H groups in total. The number of rotatable bonds is 1. The standard InChI is InChI=1S/C8H12O3/c1-7-3-5(6(9)10)4-8(7,2)11-7/h5H,3-4H2,1-2H3,(H,9,10)/t5?,7-,8+. The van der Waals surface area contributed by atoms with Crippen molar-refractivity contribution in [3.63, 3.8) is 0 Å². The van der Waals surface area contributed by atoms with Crippen molar-refractivity contribution in [2.75, 3.05) is 0 Å². The second-order valence-electron chi connectivity index (χ2n) is 4.01. The SMILES string of the molecule is C[C@@]12CC(C(=O)O)C[C@]1(C)O2. The number of carboxylic acid groups (broad SMARTS) is 1. The first-order valence-electron chi connectivity index (χ1n) is 3.90.